The molecule has 1 amide bonds. The Hall–Kier alpha value is -1.53. The molecule has 0 radical (unpaired) electrons. The average molecular weight is 298 g/mol. The lowest BCUT2D eigenvalue weighted by molar-refractivity contribution is 0.0973. The van der Waals surface area contributed by atoms with Gasteiger partial charge in [-0.15, -0.1) is 0 Å². The molecule has 1 aliphatic heterocycles. The molecule has 20 heavy (non-hydrogen) atoms. The van der Waals surface area contributed by atoms with Gasteiger partial charge in [-0.3, -0.25) is 10.1 Å². The molecule has 4 nitrogen and oxygen atoms in total. The minimum atomic E-state index is -0.846. The smallest absolute Gasteiger partial charge is 0.257 e. The summed E-state index contributed by atoms with van der Waals surface area (Å²) in [5, 5.41) is 10.5. The third-order valence-electron chi connectivity index (χ3n) is 2.67. The lowest BCUT2D eigenvalue weighted by atomic mass is 10.2. The second-order valence-electron chi connectivity index (χ2n) is 4.27. The Bertz CT molecular complexity index is 442. The monoisotopic (exact) mass is 298 g/mol. The van der Waals surface area contributed by atoms with Crippen LogP contribution in [0.25, 0.3) is 0 Å². The Morgan fingerprint density at radius 3 is 2.60 bits per heavy atom. The van der Waals surface area contributed by atoms with Gasteiger partial charge in [0.15, 0.2) is 5.11 Å². The summed E-state index contributed by atoms with van der Waals surface area (Å²) in [4.78, 5) is 13.5. The maximum absolute atomic E-state index is 13.0. The molecule has 0 aromatic heterocycles. The molecule has 2 N–H and O–H groups in total. The predicted octanol–water partition coefficient (Wildman–Crippen LogP) is 1.74. The zero-order chi connectivity index (χ0) is 15.0. The number of likely N-dealkylation sites (tertiary alicyclic amines) is 1. The van der Waals surface area contributed by atoms with E-state index in [1.807, 2.05) is 6.07 Å². The molecule has 1 aromatic carbocycles. The van der Waals surface area contributed by atoms with Crippen LogP contribution in [0.4, 0.5) is 4.39 Å². The highest BCUT2D eigenvalue weighted by atomic mass is 32.1. The molecule has 2 rings (SSSR count). The van der Waals surface area contributed by atoms with E-state index in [-0.39, 0.29) is 19.1 Å². The number of hydrogen-bond donors (Lipinski definition) is 2. The fourth-order valence-corrected chi connectivity index (χ4v) is 2.00. The number of thiocarbonyl (C=S) groups is 1. The van der Waals surface area contributed by atoms with Gasteiger partial charge in [0.2, 0.25) is 0 Å². The van der Waals surface area contributed by atoms with Crippen molar-refractivity contribution in [2.24, 2.45) is 0 Å². The molecule has 1 fully saturated rings. The van der Waals surface area contributed by atoms with Crippen molar-refractivity contribution in [2.75, 3.05) is 19.7 Å². The largest absolute Gasteiger partial charge is 0.397 e. The van der Waals surface area contributed by atoms with E-state index in [9.17, 15) is 9.18 Å². The zero-order valence-corrected chi connectivity index (χ0v) is 12.2. The number of halogens is 1. The summed E-state index contributed by atoms with van der Waals surface area (Å²) in [6.07, 6.45) is -0.372. The van der Waals surface area contributed by atoms with E-state index < -0.39 is 6.17 Å². The van der Waals surface area contributed by atoms with Crippen LogP contribution in [0, 0.1) is 0 Å². The Morgan fingerprint density at radius 2 is 2.10 bits per heavy atom. The highest BCUT2D eigenvalue weighted by Crippen LogP contribution is 2.12. The summed E-state index contributed by atoms with van der Waals surface area (Å²) in [5.74, 6) is -0.252. The minimum absolute atomic E-state index is 0.250. The van der Waals surface area contributed by atoms with Gasteiger partial charge < -0.3 is 10.0 Å². The first kappa shape index (κ1) is 16.5. The van der Waals surface area contributed by atoms with Gasteiger partial charge >= 0.3 is 0 Å². The molecular formula is C14H19FN2O2S. The highest BCUT2D eigenvalue weighted by Gasteiger charge is 2.24. The number of carbonyl (C=O) groups is 1. The van der Waals surface area contributed by atoms with E-state index in [4.69, 9.17) is 17.3 Å². The van der Waals surface area contributed by atoms with Crippen LogP contribution in [-0.2, 0) is 0 Å². The number of hydrogen-bond acceptors (Lipinski definition) is 3. The first-order chi connectivity index (χ1) is 9.58. The molecular weight excluding hydrogens is 279 g/mol. The molecule has 0 aliphatic carbocycles. The third-order valence-corrected chi connectivity index (χ3v) is 3.03. The summed E-state index contributed by atoms with van der Waals surface area (Å²) in [7, 11) is 0. The van der Waals surface area contributed by atoms with Crippen LogP contribution in [0.3, 0.4) is 0 Å². The van der Waals surface area contributed by atoms with Crippen LogP contribution in [0.1, 0.15) is 23.7 Å². The second kappa shape index (κ2) is 8.60. The number of aliphatic hydroxyl groups is 1. The number of benzene rings is 1. The Balaban J connectivity index is 0.000000612. The van der Waals surface area contributed by atoms with Crippen LogP contribution in [0.15, 0.2) is 30.3 Å². The summed E-state index contributed by atoms with van der Waals surface area (Å²) in [6.45, 7) is 2.77. The molecule has 1 unspecified atom stereocenters. The van der Waals surface area contributed by atoms with Crippen molar-refractivity contribution in [1.29, 1.82) is 0 Å². The molecule has 0 bridgehead atoms. The lowest BCUT2D eigenvalue weighted by Crippen LogP contribution is -2.41. The van der Waals surface area contributed by atoms with E-state index in [1.54, 1.807) is 36.1 Å². The fraction of sp³-hybridized carbons (Fsp3) is 0.429. The van der Waals surface area contributed by atoms with E-state index in [0.29, 0.717) is 23.6 Å². The maximum Gasteiger partial charge on any atom is 0.257 e. The van der Waals surface area contributed by atoms with Crippen molar-refractivity contribution in [3.05, 3.63) is 35.9 Å². The van der Waals surface area contributed by atoms with Crippen molar-refractivity contribution >= 4 is 23.2 Å². The number of alkyl halides is 1. The normalized spacial score (nSPS) is 17.1. The molecule has 1 atom stereocenters. The number of nitrogens with one attached hydrogen (secondary N) is 1. The van der Waals surface area contributed by atoms with Gasteiger partial charge in [-0.25, -0.2) is 4.39 Å². The number of amides is 1. The molecule has 1 saturated heterocycles. The van der Waals surface area contributed by atoms with Gasteiger partial charge in [-0.05, 0) is 37.7 Å². The highest BCUT2D eigenvalue weighted by molar-refractivity contribution is 7.80. The van der Waals surface area contributed by atoms with Crippen LogP contribution < -0.4 is 5.32 Å². The topological polar surface area (TPSA) is 52.6 Å². The molecule has 0 saturated carbocycles. The van der Waals surface area contributed by atoms with E-state index in [1.165, 1.54) is 0 Å². The molecule has 0 spiro atoms. The predicted molar refractivity (Wildman–Crippen MR) is 80.4 cm³/mol. The van der Waals surface area contributed by atoms with Crippen molar-refractivity contribution in [1.82, 2.24) is 10.2 Å². The van der Waals surface area contributed by atoms with Gasteiger partial charge in [-0.1, -0.05) is 18.2 Å². The van der Waals surface area contributed by atoms with Gasteiger partial charge in [0.25, 0.3) is 5.91 Å². The first-order valence-electron chi connectivity index (χ1n) is 6.48. The van der Waals surface area contributed by atoms with Gasteiger partial charge in [-0.2, -0.15) is 0 Å². The Labute approximate surface area is 123 Å². The van der Waals surface area contributed by atoms with Gasteiger partial charge in [0, 0.05) is 18.7 Å². The van der Waals surface area contributed by atoms with Crippen molar-refractivity contribution < 1.29 is 14.3 Å². The standard InChI is InChI=1S/C12H13FN2OS.C2H6O/c13-10-6-7-15(8-10)12(17)14-11(16)9-4-2-1-3-5-9;1-2-3/h1-5,10H,6-8H2,(H,14,16,17);3H,2H2,1H3. The number of carbonyl (C=O) groups excluding carboxylic acids is 1. The number of aliphatic hydroxyl groups excluding tert-OH is 1. The van der Waals surface area contributed by atoms with E-state index >= 15 is 0 Å². The summed E-state index contributed by atoms with van der Waals surface area (Å²) >= 11 is 5.07. The molecule has 1 aromatic rings. The fourth-order valence-electron chi connectivity index (χ4n) is 1.74. The quantitative estimate of drug-likeness (QED) is 0.776. The van der Waals surface area contributed by atoms with Gasteiger partial charge in [0.1, 0.15) is 6.17 Å². The number of nitrogens with zero attached hydrogens (tertiary/aromatic N) is 1. The lowest BCUT2D eigenvalue weighted by Gasteiger charge is -2.18. The molecule has 1 aliphatic rings. The summed E-state index contributed by atoms with van der Waals surface area (Å²) < 4.78 is 13.0. The van der Waals surface area contributed by atoms with Crippen LogP contribution >= 0.6 is 12.2 Å². The minimum Gasteiger partial charge on any atom is -0.397 e. The Morgan fingerprint density at radius 1 is 1.50 bits per heavy atom. The SMILES string of the molecule is CCO.O=C(NC(=S)N1CCC(F)C1)c1ccccc1. The zero-order valence-electron chi connectivity index (χ0n) is 11.4. The third kappa shape index (κ3) is 5.22. The average Bonchev–Trinajstić information content (AvgIpc) is 2.87. The van der Waals surface area contributed by atoms with Crippen molar-refractivity contribution in [3.8, 4) is 0 Å². The number of rotatable bonds is 1. The van der Waals surface area contributed by atoms with Crippen LogP contribution in [0.2, 0.25) is 0 Å². The molecule has 1 heterocycles. The molecule has 6 heteroatoms. The van der Waals surface area contributed by atoms with Gasteiger partial charge in [0.05, 0.1) is 6.54 Å². The van der Waals surface area contributed by atoms with E-state index in [2.05, 4.69) is 5.32 Å². The van der Waals surface area contributed by atoms with Crippen LogP contribution in [-0.4, -0.2) is 46.9 Å². The van der Waals surface area contributed by atoms with Crippen molar-refractivity contribution in [2.45, 2.75) is 19.5 Å². The first-order valence-corrected chi connectivity index (χ1v) is 6.89. The summed E-state index contributed by atoms with van der Waals surface area (Å²) in [6, 6.07) is 8.82. The molecule has 110 valence electrons. The van der Waals surface area contributed by atoms with E-state index in [0.717, 1.165) is 0 Å². The maximum atomic E-state index is 13.0. The van der Waals surface area contributed by atoms with Crippen LogP contribution in [0.5, 0.6) is 0 Å². The second-order valence-corrected chi connectivity index (χ2v) is 4.66. The summed E-state index contributed by atoms with van der Waals surface area (Å²) in [5.41, 5.74) is 0.547. The van der Waals surface area contributed by atoms with Crippen molar-refractivity contribution in [3.63, 3.8) is 0 Å². The Kier molecular flexibility index (Phi) is 7.11.